The Morgan fingerprint density at radius 1 is 1.09 bits per heavy atom. The standard InChI is InChI=1S/C15H11F4NO3/c1-22-12-7-8(5-6-11(12)23-15(18)19)14(21)20-13-9(16)3-2-4-10(13)17/h2-7,15H,1H3,(H,20,21). The van der Waals surface area contributed by atoms with Gasteiger partial charge in [-0.05, 0) is 30.3 Å². The molecule has 0 aliphatic heterocycles. The Kier molecular flexibility index (Phi) is 5.05. The number of amides is 1. The van der Waals surface area contributed by atoms with Gasteiger partial charge in [-0.15, -0.1) is 0 Å². The number of rotatable bonds is 5. The predicted octanol–water partition coefficient (Wildman–Crippen LogP) is 3.83. The summed E-state index contributed by atoms with van der Waals surface area (Å²) in [6, 6.07) is 6.50. The molecule has 0 aliphatic rings. The Labute approximate surface area is 128 Å². The zero-order valence-corrected chi connectivity index (χ0v) is 11.8. The lowest BCUT2D eigenvalue weighted by atomic mass is 10.1. The van der Waals surface area contributed by atoms with Crippen molar-refractivity contribution in [2.75, 3.05) is 12.4 Å². The maximum Gasteiger partial charge on any atom is 0.387 e. The number of halogens is 4. The molecule has 1 amide bonds. The first-order chi connectivity index (χ1) is 10.9. The molecule has 4 nitrogen and oxygen atoms in total. The number of nitrogens with one attached hydrogen (secondary N) is 1. The van der Waals surface area contributed by atoms with Crippen LogP contribution >= 0.6 is 0 Å². The Morgan fingerprint density at radius 2 is 1.74 bits per heavy atom. The lowest BCUT2D eigenvalue weighted by Crippen LogP contribution is -2.14. The van der Waals surface area contributed by atoms with Crippen molar-refractivity contribution in [3.05, 3.63) is 53.6 Å². The normalized spacial score (nSPS) is 10.5. The van der Waals surface area contributed by atoms with Gasteiger partial charge in [-0.3, -0.25) is 4.79 Å². The van der Waals surface area contributed by atoms with Crippen molar-refractivity contribution in [2.45, 2.75) is 6.61 Å². The monoisotopic (exact) mass is 329 g/mol. The molecule has 0 bridgehead atoms. The van der Waals surface area contributed by atoms with Crippen molar-refractivity contribution >= 4 is 11.6 Å². The number of carbonyl (C=O) groups excluding carboxylic acids is 1. The molecule has 0 aliphatic carbocycles. The first-order valence-corrected chi connectivity index (χ1v) is 6.30. The van der Waals surface area contributed by atoms with E-state index in [9.17, 15) is 22.4 Å². The van der Waals surface area contributed by atoms with Crippen LogP contribution in [0.2, 0.25) is 0 Å². The molecule has 23 heavy (non-hydrogen) atoms. The van der Waals surface area contributed by atoms with E-state index in [-0.39, 0.29) is 17.1 Å². The van der Waals surface area contributed by atoms with E-state index in [1.807, 2.05) is 0 Å². The average Bonchev–Trinajstić information content (AvgIpc) is 2.50. The van der Waals surface area contributed by atoms with Gasteiger partial charge < -0.3 is 14.8 Å². The summed E-state index contributed by atoms with van der Waals surface area (Å²) in [7, 11) is 1.20. The molecule has 0 heterocycles. The first kappa shape index (κ1) is 16.6. The lowest BCUT2D eigenvalue weighted by Gasteiger charge is -2.12. The quantitative estimate of drug-likeness (QED) is 0.848. The zero-order chi connectivity index (χ0) is 17.0. The van der Waals surface area contributed by atoms with Crippen LogP contribution in [0.3, 0.4) is 0 Å². The summed E-state index contributed by atoms with van der Waals surface area (Å²) < 4.78 is 60.5. The van der Waals surface area contributed by atoms with E-state index in [4.69, 9.17) is 4.74 Å². The Hall–Kier alpha value is -2.77. The minimum atomic E-state index is -3.06. The average molecular weight is 329 g/mol. The van der Waals surface area contributed by atoms with E-state index in [1.165, 1.54) is 7.11 Å². The van der Waals surface area contributed by atoms with Gasteiger partial charge in [0.1, 0.15) is 17.3 Å². The van der Waals surface area contributed by atoms with Crippen molar-refractivity contribution in [3.8, 4) is 11.5 Å². The van der Waals surface area contributed by atoms with E-state index in [0.29, 0.717) is 0 Å². The molecule has 2 aromatic rings. The number of carbonyl (C=O) groups is 1. The molecular weight excluding hydrogens is 318 g/mol. The fourth-order valence-electron chi connectivity index (χ4n) is 1.81. The highest BCUT2D eigenvalue weighted by Crippen LogP contribution is 2.30. The Bertz CT molecular complexity index is 702. The molecule has 8 heteroatoms. The van der Waals surface area contributed by atoms with Crippen LogP contribution in [0.15, 0.2) is 36.4 Å². The number of benzene rings is 2. The summed E-state index contributed by atoms with van der Waals surface area (Å²) in [6.07, 6.45) is 0. The van der Waals surface area contributed by atoms with Gasteiger partial charge in [0.25, 0.3) is 5.91 Å². The van der Waals surface area contributed by atoms with Crippen molar-refractivity contribution < 1.29 is 31.8 Å². The minimum Gasteiger partial charge on any atom is -0.493 e. The molecule has 0 atom stereocenters. The molecule has 2 rings (SSSR count). The van der Waals surface area contributed by atoms with Gasteiger partial charge in [-0.1, -0.05) is 6.07 Å². The molecule has 0 spiro atoms. The zero-order valence-electron chi connectivity index (χ0n) is 11.8. The number of ether oxygens (including phenoxy) is 2. The largest absolute Gasteiger partial charge is 0.493 e. The number of alkyl halides is 2. The summed E-state index contributed by atoms with van der Waals surface area (Å²) in [5, 5.41) is 2.07. The summed E-state index contributed by atoms with van der Waals surface area (Å²) in [5.74, 6) is -3.11. The van der Waals surface area contributed by atoms with Crippen LogP contribution in [0.4, 0.5) is 23.2 Å². The topological polar surface area (TPSA) is 47.6 Å². The highest BCUT2D eigenvalue weighted by molar-refractivity contribution is 6.04. The number of para-hydroxylation sites is 1. The van der Waals surface area contributed by atoms with Gasteiger partial charge in [0.15, 0.2) is 11.5 Å². The third kappa shape index (κ3) is 3.91. The molecule has 122 valence electrons. The molecule has 1 N–H and O–H groups in total. The van der Waals surface area contributed by atoms with Crippen molar-refractivity contribution in [1.82, 2.24) is 0 Å². The third-order valence-corrected chi connectivity index (χ3v) is 2.84. The van der Waals surface area contributed by atoms with Gasteiger partial charge in [-0.25, -0.2) is 8.78 Å². The lowest BCUT2D eigenvalue weighted by molar-refractivity contribution is -0.0512. The Morgan fingerprint density at radius 3 is 2.30 bits per heavy atom. The van der Waals surface area contributed by atoms with Gasteiger partial charge in [-0.2, -0.15) is 8.78 Å². The molecule has 0 fully saturated rings. The van der Waals surface area contributed by atoms with E-state index in [0.717, 1.165) is 36.4 Å². The third-order valence-electron chi connectivity index (χ3n) is 2.84. The van der Waals surface area contributed by atoms with E-state index in [1.54, 1.807) is 0 Å². The Balaban J connectivity index is 2.26. The van der Waals surface area contributed by atoms with Gasteiger partial charge in [0.2, 0.25) is 0 Å². The highest BCUT2D eigenvalue weighted by atomic mass is 19.3. The fraction of sp³-hybridized carbons (Fsp3) is 0.133. The summed E-state index contributed by atoms with van der Waals surface area (Å²) in [4.78, 5) is 12.0. The minimum absolute atomic E-state index is 0.0499. The molecule has 0 saturated heterocycles. The highest BCUT2D eigenvalue weighted by Gasteiger charge is 2.17. The van der Waals surface area contributed by atoms with Crippen LogP contribution in [0.25, 0.3) is 0 Å². The number of hydrogen-bond donors (Lipinski definition) is 1. The second-order valence-electron chi connectivity index (χ2n) is 4.29. The van der Waals surface area contributed by atoms with Crippen molar-refractivity contribution in [2.24, 2.45) is 0 Å². The second-order valence-corrected chi connectivity index (χ2v) is 4.29. The molecular formula is C15H11F4NO3. The predicted molar refractivity (Wildman–Crippen MR) is 73.9 cm³/mol. The van der Waals surface area contributed by atoms with Gasteiger partial charge in [0.05, 0.1) is 7.11 Å². The summed E-state index contributed by atoms with van der Waals surface area (Å²) in [6.45, 7) is -3.06. The summed E-state index contributed by atoms with van der Waals surface area (Å²) in [5.41, 5.74) is -0.657. The van der Waals surface area contributed by atoms with Crippen LogP contribution in [0.5, 0.6) is 11.5 Å². The molecule has 2 aromatic carbocycles. The maximum absolute atomic E-state index is 13.5. The van der Waals surface area contributed by atoms with Crippen molar-refractivity contribution in [1.29, 1.82) is 0 Å². The van der Waals surface area contributed by atoms with E-state index in [2.05, 4.69) is 10.1 Å². The maximum atomic E-state index is 13.5. The molecule has 0 unspecified atom stereocenters. The van der Waals surface area contributed by atoms with Gasteiger partial charge >= 0.3 is 6.61 Å². The van der Waals surface area contributed by atoms with Crippen molar-refractivity contribution in [3.63, 3.8) is 0 Å². The van der Waals surface area contributed by atoms with Crippen LogP contribution in [0, 0.1) is 11.6 Å². The van der Waals surface area contributed by atoms with E-state index < -0.39 is 29.8 Å². The number of anilines is 1. The molecule has 0 saturated carbocycles. The fourth-order valence-corrected chi connectivity index (χ4v) is 1.81. The number of hydrogen-bond acceptors (Lipinski definition) is 3. The summed E-state index contributed by atoms with van der Waals surface area (Å²) >= 11 is 0. The van der Waals surface area contributed by atoms with Gasteiger partial charge in [0, 0.05) is 5.56 Å². The van der Waals surface area contributed by atoms with Crippen LogP contribution < -0.4 is 14.8 Å². The van der Waals surface area contributed by atoms with Crippen LogP contribution in [-0.2, 0) is 0 Å². The smallest absolute Gasteiger partial charge is 0.387 e. The molecule has 0 aromatic heterocycles. The van der Waals surface area contributed by atoms with E-state index >= 15 is 0 Å². The molecule has 0 radical (unpaired) electrons. The first-order valence-electron chi connectivity index (χ1n) is 6.30. The second kappa shape index (κ2) is 6.99. The SMILES string of the molecule is COc1cc(C(=O)Nc2c(F)cccc2F)ccc1OC(F)F. The number of methoxy groups -OCH3 is 1. The van der Waals surface area contributed by atoms with Crippen LogP contribution in [0.1, 0.15) is 10.4 Å². The van der Waals surface area contributed by atoms with Crippen LogP contribution in [-0.4, -0.2) is 19.6 Å².